The first kappa shape index (κ1) is 22.1. The van der Waals surface area contributed by atoms with Gasteiger partial charge in [-0.1, -0.05) is 13.0 Å². The van der Waals surface area contributed by atoms with E-state index < -0.39 is 10.0 Å². The van der Waals surface area contributed by atoms with Gasteiger partial charge in [0.1, 0.15) is 17.7 Å². The number of rotatable bonds is 8. The van der Waals surface area contributed by atoms with E-state index in [1.165, 1.54) is 0 Å². The van der Waals surface area contributed by atoms with Gasteiger partial charge in [-0.2, -0.15) is 0 Å². The molecule has 2 atom stereocenters. The molecule has 1 aliphatic rings. The predicted octanol–water partition coefficient (Wildman–Crippen LogP) is 3.57. The van der Waals surface area contributed by atoms with Crippen molar-refractivity contribution in [2.75, 3.05) is 7.11 Å². The second-order valence-corrected chi connectivity index (χ2v) is 10.6. The topological polar surface area (TPSA) is 99.0 Å². The lowest BCUT2D eigenvalue weighted by molar-refractivity contribution is 0.187. The Morgan fingerprint density at radius 3 is 2.81 bits per heavy atom. The Morgan fingerprint density at radius 2 is 2.06 bits per heavy atom. The highest BCUT2D eigenvalue weighted by atomic mass is 32.2. The van der Waals surface area contributed by atoms with Gasteiger partial charge in [0.25, 0.3) is 0 Å². The molecule has 2 heterocycles. The van der Waals surface area contributed by atoms with E-state index in [0.29, 0.717) is 17.9 Å². The van der Waals surface area contributed by atoms with Crippen molar-refractivity contribution in [3.8, 4) is 10.6 Å². The molecule has 10 heteroatoms. The molecule has 0 amide bonds. The number of aromatic nitrogens is 4. The average Bonchev–Trinajstić information content (AvgIpc) is 3.46. The predicted molar refractivity (Wildman–Crippen MR) is 119 cm³/mol. The molecule has 8 nitrogen and oxygen atoms in total. The fraction of sp³-hybridized carbons (Fsp3) is 0.476. The molecule has 1 saturated carbocycles. The van der Waals surface area contributed by atoms with Gasteiger partial charge in [0.05, 0.1) is 16.4 Å². The van der Waals surface area contributed by atoms with Crippen LogP contribution in [0.25, 0.3) is 10.6 Å². The van der Waals surface area contributed by atoms with Gasteiger partial charge in [-0.15, -0.1) is 21.5 Å². The lowest BCUT2D eigenvalue weighted by Gasteiger charge is -2.30. The zero-order chi connectivity index (χ0) is 21.8. The lowest BCUT2D eigenvalue weighted by Crippen LogP contribution is -2.39. The number of benzene rings is 1. The van der Waals surface area contributed by atoms with Crippen LogP contribution in [-0.4, -0.2) is 41.3 Å². The number of thiazole rings is 1. The second-order valence-electron chi connectivity index (χ2n) is 7.79. The average molecular weight is 462 g/mol. The minimum Gasteiger partial charge on any atom is -0.379 e. The number of hydrogen-bond donors (Lipinski definition) is 1. The molecule has 3 aromatic rings. The summed E-state index contributed by atoms with van der Waals surface area (Å²) in [4.78, 5) is 5.84. The van der Waals surface area contributed by atoms with E-state index in [2.05, 4.69) is 19.9 Å². The second kappa shape index (κ2) is 9.56. The van der Waals surface area contributed by atoms with Crippen LogP contribution in [0.15, 0.2) is 41.9 Å². The maximum absolute atomic E-state index is 13.2. The highest BCUT2D eigenvalue weighted by Crippen LogP contribution is 2.31. The number of aryl methyl sites for hydroxylation is 1. The number of sulfonamides is 1. The van der Waals surface area contributed by atoms with Crippen molar-refractivity contribution in [1.29, 1.82) is 0 Å². The summed E-state index contributed by atoms with van der Waals surface area (Å²) < 4.78 is 36.6. The molecular weight excluding hydrogens is 434 g/mol. The third-order valence-corrected chi connectivity index (χ3v) is 8.29. The highest BCUT2D eigenvalue weighted by molar-refractivity contribution is 7.89. The Labute approximate surface area is 186 Å². The minimum absolute atomic E-state index is 0.105. The van der Waals surface area contributed by atoms with Crippen molar-refractivity contribution in [3.63, 3.8) is 0 Å². The molecule has 0 unspecified atom stereocenters. The summed E-state index contributed by atoms with van der Waals surface area (Å²) in [6, 6.07) is 5.59. The first-order valence-corrected chi connectivity index (χ1v) is 12.7. The monoisotopic (exact) mass is 461 g/mol. The van der Waals surface area contributed by atoms with Gasteiger partial charge in [-0.25, -0.2) is 18.1 Å². The van der Waals surface area contributed by atoms with Crippen molar-refractivity contribution < 1.29 is 13.2 Å². The number of nitrogens with zero attached hydrogens (tertiary/aromatic N) is 4. The van der Waals surface area contributed by atoms with E-state index >= 15 is 0 Å². The summed E-state index contributed by atoms with van der Waals surface area (Å²) in [5, 5.41) is 8.61. The normalized spacial score (nSPS) is 19.5. The van der Waals surface area contributed by atoms with Crippen molar-refractivity contribution in [1.82, 2.24) is 24.5 Å². The van der Waals surface area contributed by atoms with Crippen molar-refractivity contribution in [2.24, 2.45) is 0 Å². The maximum Gasteiger partial charge on any atom is 0.241 e. The molecule has 1 N–H and O–H groups in total. The molecule has 4 rings (SSSR count). The van der Waals surface area contributed by atoms with E-state index in [4.69, 9.17) is 4.74 Å². The lowest BCUT2D eigenvalue weighted by atomic mass is 9.91. The van der Waals surface area contributed by atoms with E-state index in [0.717, 1.165) is 46.7 Å². The molecule has 0 saturated heterocycles. The third kappa shape index (κ3) is 5.03. The van der Waals surface area contributed by atoms with Gasteiger partial charge in [0, 0.05) is 31.0 Å². The number of ether oxygens (including phenoxy) is 1. The number of nitrogens with one attached hydrogen (secondary N) is 1. The highest BCUT2D eigenvalue weighted by Gasteiger charge is 2.28. The largest absolute Gasteiger partial charge is 0.379 e. The van der Waals surface area contributed by atoms with Crippen LogP contribution in [0.4, 0.5) is 0 Å². The minimum atomic E-state index is -3.62. The summed E-state index contributed by atoms with van der Waals surface area (Å²) >= 11 is 1.56. The van der Waals surface area contributed by atoms with Crippen LogP contribution in [-0.2, 0) is 27.8 Å². The van der Waals surface area contributed by atoms with E-state index in [-0.39, 0.29) is 12.1 Å². The smallest absolute Gasteiger partial charge is 0.241 e. The van der Waals surface area contributed by atoms with Crippen molar-refractivity contribution >= 4 is 21.4 Å². The third-order valence-electron chi connectivity index (χ3n) is 5.64. The summed E-state index contributed by atoms with van der Waals surface area (Å²) in [5.74, 6) is 0. The maximum atomic E-state index is 13.2. The molecule has 1 fully saturated rings. The first-order chi connectivity index (χ1) is 15.0. The van der Waals surface area contributed by atoms with Gasteiger partial charge < -0.3 is 9.30 Å². The molecule has 2 aromatic heterocycles. The fourth-order valence-corrected chi connectivity index (χ4v) is 6.58. The van der Waals surface area contributed by atoms with Crippen molar-refractivity contribution in [3.05, 3.63) is 47.5 Å². The molecule has 0 bridgehead atoms. The zero-order valence-corrected chi connectivity index (χ0v) is 19.3. The van der Waals surface area contributed by atoms with E-state index in [1.807, 2.05) is 23.6 Å². The van der Waals surface area contributed by atoms with Gasteiger partial charge in [-0.05, 0) is 49.8 Å². The quantitative estimate of drug-likeness (QED) is 0.551. The molecular formula is C21H27N5O3S2. The van der Waals surface area contributed by atoms with Crippen molar-refractivity contribution in [2.45, 2.75) is 62.6 Å². The first-order valence-electron chi connectivity index (χ1n) is 10.4. The van der Waals surface area contributed by atoms with Crippen LogP contribution in [0.3, 0.4) is 0 Å². The Hall–Kier alpha value is -2.14. The Balaban J connectivity index is 1.53. The van der Waals surface area contributed by atoms with Gasteiger partial charge in [0.2, 0.25) is 10.0 Å². The molecule has 0 spiro atoms. The molecule has 166 valence electrons. The Morgan fingerprint density at radius 1 is 1.26 bits per heavy atom. The van der Waals surface area contributed by atoms with Crippen LogP contribution in [0.5, 0.6) is 0 Å². The van der Waals surface area contributed by atoms with Gasteiger partial charge >= 0.3 is 0 Å². The molecule has 0 radical (unpaired) electrons. The molecule has 1 aliphatic carbocycles. The summed E-state index contributed by atoms with van der Waals surface area (Å²) in [6.45, 7) is 2.49. The number of hydrogen-bond acceptors (Lipinski definition) is 7. The van der Waals surface area contributed by atoms with E-state index in [1.54, 1.807) is 43.4 Å². The van der Waals surface area contributed by atoms with Gasteiger partial charge in [0.15, 0.2) is 0 Å². The standard InChI is InChI=1S/C21H27N5O3S2/c1-3-15-9-16(21-22-11-19(30-21)12-29-2)7-8-20(15)31(27,28)25-17-5-4-6-18(10-17)26-13-23-24-14-26/h7-9,11,13-14,17-18,25H,3-6,10,12H2,1-2H3/t17-,18+/m0/s1. The van der Waals surface area contributed by atoms with Crippen LogP contribution in [0, 0.1) is 0 Å². The Kier molecular flexibility index (Phi) is 6.80. The summed E-state index contributed by atoms with van der Waals surface area (Å²) in [6.07, 6.45) is 9.35. The van der Waals surface area contributed by atoms with Crippen LogP contribution < -0.4 is 4.72 Å². The Bertz CT molecular complexity index is 1110. The molecule has 1 aromatic carbocycles. The van der Waals surface area contributed by atoms with Gasteiger partial charge in [-0.3, -0.25) is 0 Å². The molecule has 31 heavy (non-hydrogen) atoms. The van der Waals surface area contributed by atoms with Crippen LogP contribution in [0.1, 0.15) is 49.1 Å². The van der Waals surface area contributed by atoms with Crippen LogP contribution >= 0.6 is 11.3 Å². The summed E-state index contributed by atoms with van der Waals surface area (Å²) in [5.41, 5.74) is 1.72. The van der Waals surface area contributed by atoms with Crippen LogP contribution in [0.2, 0.25) is 0 Å². The number of methoxy groups -OCH3 is 1. The summed E-state index contributed by atoms with van der Waals surface area (Å²) in [7, 11) is -1.97. The fourth-order valence-electron chi connectivity index (χ4n) is 4.12. The SMILES string of the molecule is CCc1cc(-c2ncc(COC)s2)ccc1S(=O)(=O)N[C@H]1CCC[C@@H](n2cnnc2)C1. The zero-order valence-electron chi connectivity index (χ0n) is 17.7. The van der Waals surface area contributed by atoms with E-state index in [9.17, 15) is 8.42 Å². The molecule has 0 aliphatic heterocycles.